The first kappa shape index (κ1) is 34.1. The van der Waals surface area contributed by atoms with E-state index < -0.39 is 89.0 Å². The largest absolute Gasteiger partial charge is 0.465 e. The molecule has 0 amide bonds. The number of rotatable bonds is 8. The van der Waals surface area contributed by atoms with Crippen molar-refractivity contribution < 1.29 is 57.5 Å². The Hall–Kier alpha value is -4.29. The van der Waals surface area contributed by atoms with Gasteiger partial charge in [0.15, 0.2) is 11.7 Å². The maximum Gasteiger partial charge on any atom is 0.338 e. The van der Waals surface area contributed by atoms with E-state index in [1.165, 1.54) is 26.0 Å². The lowest BCUT2D eigenvalue weighted by Crippen LogP contribution is -2.83. The second-order valence-electron chi connectivity index (χ2n) is 13.2. The van der Waals surface area contributed by atoms with Crippen LogP contribution >= 0.6 is 0 Å². The molecule has 4 unspecified atom stereocenters. The highest BCUT2D eigenvalue weighted by Gasteiger charge is 2.86. The third kappa shape index (κ3) is 5.78. The zero-order valence-corrected chi connectivity index (χ0v) is 27.2. The summed E-state index contributed by atoms with van der Waals surface area (Å²) in [6.07, 6.45) is -5.78. The lowest BCUT2D eigenvalue weighted by atomic mass is 9.46. The molecule has 2 aromatic carbocycles. The molecule has 1 spiro atoms. The number of fused-ring (bicyclic) bond motifs is 1. The number of benzene rings is 2. The minimum atomic E-state index is -2.03. The summed E-state index contributed by atoms with van der Waals surface area (Å²) in [5.41, 5.74) is -6.76. The van der Waals surface area contributed by atoms with Crippen LogP contribution in [0.1, 0.15) is 75.1 Å². The highest BCUT2D eigenvalue weighted by Crippen LogP contribution is 2.69. The highest BCUT2D eigenvalue weighted by atomic mass is 16.6. The maximum absolute atomic E-state index is 13.7. The van der Waals surface area contributed by atoms with Crippen molar-refractivity contribution in [2.24, 2.45) is 11.3 Å². The molecule has 252 valence electrons. The van der Waals surface area contributed by atoms with E-state index in [1.54, 1.807) is 62.4 Å². The fraction of sp³-hybridized carbons (Fsp3) is 0.514. The van der Waals surface area contributed by atoms with Gasteiger partial charge < -0.3 is 33.5 Å². The zero-order valence-electron chi connectivity index (χ0n) is 27.2. The van der Waals surface area contributed by atoms with Crippen LogP contribution in [-0.4, -0.2) is 82.8 Å². The van der Waals surface area contributed by atoms with E-state index in [4.69, 9.17) is 28.4 Å². The summed E-state index contributed by atoms with van der Waals surface area (Å²) in [6, 6.07) is 16.3. The lowest BCUT2D eigenvalue weighted by molar-refractivity contribution is -0.354. The summed E-state index contributed by atoms with van der Waals surface area (Å²) < 4.78 is 36.7. The summed E-state index contributed by atoms with van der Waals surface area (Å²) in [6.45, 7) is 7.82. The van der Waals surface area contributed by atoms with Crippen LogP contribution in [0.15, 0.2) is 60.7 Å². The Morgan fingerprint density at radius 1 is 0.745 bits per heavy atom. The van der Waals surface area contributed by atoms with Gasteiger partial charge in [0.2, 0.25) is 0 Å². The third-order valence-electron chi connectivity index (χ3n) is 9.69. The van der Waals surface area contributed by atoms with E-state index in [0.717, 1.165) is 13.8 Å². The van der Waals surface area contributed by atoms with Crippen molar-refractivity contribution in [3.63, 3.8) is 0 Å². The van der Waals surface area contributed by atoms with Crippen molar-refractivity contribution >= 4 is 29.8 Å². The van der Waals surface area contributed by atoms with Crippen LogP contribution in [0, 0.1) is 11.3 Å². The highest BCUT2D eigenvalue weighted by molar-refractivity contribution is 5.90. The molecule has 3 fully saturated rings. The molecule has 2 aliphatic carbocycles. The Morgan fingerprint density at radius 2 is 1.26 bits per heavy atom. The second kappa shape index (κ2) is 12.4. The Morgan fingerprint density at radius 3 is 1.77 bits per heavy atom. The first-order valence-electron chi connectivity index (χ1n) is 15.5. The summed E-state index contributed by atoms with van der Waals surface area (Å²) in [4.78, 5) is 65.3. The molecule has 47 heavy (non-hydrogen) atoms. The fourth-order valence-corrected chi connectivity index (χ4v) is 7.95. The zero-order chi connectivity index (χ0) is 34.4. The van der Waals surface area contributed by atoms with Crippen LogP contribution in [0.4, 0.5) is 0 Å². The topological polar surface area (TPSA) is 161 Å². The van der Waals surface area contributed by atoms with E-state index in [-0.39, 0.29) is 24.0 Å². The number of hydrogen-bond donors (Lipinski definition) is 1. The molecule has 1 heterocycles. The van der Waals surface area contributed by atoms with Crippen molar-refractivity contribution in [3.05, 3.63) is 71.8 Å². The number of carbonyl (C=O) groups excluding carboxylic acids is 5. The second-order valence-corrected chi connectivity index (χ2v) is 13.2. The van der Waals surface area contributed by atoms with Crippen LogP contribution in [0.3, 0.4) is 0 Å². The third-order valence-corrected chi connectivity index (χ3v) is 9.69. The number of carbonyl (C=O) groups is 5. The Bertz CT molecular complexity index is 1540. The van der Waals surface area contributed by atoms with Crippen molar-refractivity contribution in [2.45, 2.75) is 95.6 Å². The first-order chi connectivity index (χ1) is 22.1. The van der Waals surface area contributed by atoms with Crippen LogP contribution < -0.4 is 0 Å². The molecular formula is C35H40O12. The van der Waals surface area contributed by atoms with Crippen LogP contribution in [0.2, 0.25) is 0 Å². The van der Waals surface area contributed by atoms with Crippen molar-refractivity contribution in [3.8, 4) is 0 Å². The molecule has 1 saturated heterocycles. The first-order valence-corrected chi connectivity index (χ1v) is 15.5. The number of hydrogen-bond acceptors (Lipinski definition) is 12. The fourth-order valence-electron chi connectivity index (χ4n) is 7.95. The molecule has 0 aromatic heterocycles. The molecule has 3 aliphatic rings. The number of aliphatic hydroxyl groups is 1. The summed E-state index contributed by atoms with van der Waals surface area (Å²) in [5.74, 6) is -4.40. The summed E-state index contributed by atoms with van der Waals surface area (Å²) in [5, 5.41) is 12.6. The molecule has 2 bridgehead atoms. The van der Waals surface area contributed by atoms with Crippen LogP contribution in [0.5, 0.6) is 0 Å². The van der Waals surface area contributed by atoms with E-state index in [9.17, 15) is 29.1 Å². The van der Waals surface area contributed by atoms with Gasteiger partial charge in [-0.3, -0.25) is 14.4 Å². The predicted octanol–water partition coefficient (Wildman–Crippen LogP) is 3.57. The van der Waals surface area contributed by atoms with Crippen molar-refractivity contribution in [1.29, 1.82) is 0 Å². The summed E-state index contributed by atoms with van der Waals surface area (Å²) >= 11 is 0. The summed E-state index contributed by atoms with van der Waals surface area (Å²) in [7, 11) is 0. The monoisotopic (exact) mass is 652 g/mol. The van der Waals surface area contributed by atoms with Crippen molar-refractivity contribution in [2.75, 3.05) is 6.61 Å². The van der Waals surface area contributed by atoms with E-state index in [0.29, 0.717) is 0 Å². The van der Waals surface area contributed by atoms with Gasteiger partial charge in [-0.1, -0.05) is 36.4 Å². The number of ether oxygens (including phenoxy) is 6. The quantitative estimate of drug-likeness (QED) is 0.327. The molecule has 2 saturated carbocycles. The maximum atomic E-state index is 13.7. The van der Waals surface area contributed by atoms with Gasteiger partial charge in [-0.25, -0.2) is 9.59 Å². The van der Waals surface area contributed by atoms with Crippen molar-refractivity contribution in [1.82, 2.24) is 0 Å². The molecule has 8 atom stereocenters. The smallest absolute Gasteiger partial charge is 0.338 e. The van der Waals surface area contributed by atoms with Gasteiger partial charge in [-0.15, -0.1) is 0 Å². The van der Waals surface area contributed by atoms with E-state index in [1.807, 2.05) is 0 Å². The molecule has 12 heteroatoms. The Balaban J connectivity index is 1.78. The Kier molecular flexibility index (Phi) is 8.97. The van der Waals surface area contributed by atoms with E-state index in [2.05, 4.69) is 0 Å². The van der Waals surface area contributed by atoms with Gasteiger partial charge >= 0.3 is 29.8 Å². The normalized spacial score (nSPS) is 33.5. The molecule has 12 nitrogen and oxygen atoms in total. The number of esters is 5. The molecular weight excluding hydrogens is 612 g/mol. The molecule has 5 rings (SSSR count). The Labute approximate surface area is 272 Å². The standard InChI is InChI=1S/C35H40O12/c1-20(36)42-19-34-27(46-31(40)24-15-11-8-12-16-24)17-25-28(43-21(2)37)35(34,47-32(25,4)5)33(6,41)18-26(29(34)44-22(3)38)45-30(39)23-13-9-7-10-14-23/h7-16,25-29,41H,17-19H2,1-6H3/t25-,26?,27?,28?,29?,33-,34-,35+/m1/s1. The van der Waals surface area contributed by atoms with E-state index >= 15 is 0 Å². The molecule has 1 N–H and O–H groups in total. The molecule has 2 aromatic rings. The van der Waals surface area contributed by atoms with Gasteiger partial charge in [0.05, 0.1) is 22.3 Å². The van der Waals surface area contributed by atoms with Gasteiger partial charge in [-0.2, -0.15) is 0 Å². The minimum absolute atomic E-state index is 0.0280. The minimum Gasteiger partial charge on any atom is -0.465 e. The average molecular weight is 653 g/mol. The van der Waals surface area contributed by atoms with Crippen LogP contribution in [-0.2, 0) is 42.8 Å². The molecule has 1 aliphatic heterocycles. The van der Waals surface area contributed by atoms with Gasteiger partial charge in [-0.05, 0) is 51.5 Å². The average Bonchev–Trinajstić information content (AvgIpc) is 3.17. The van der Waals surface area contributed by atoms with Gasteiger partial charge in [0.25, 0.3) is 0 Å². The van der Waals surface area contributed by atoms with Gasteiger partial charge in [0, 0.05) is 33.1 Å². The predicted molar refractivity (Wildman–Crippen MR) is 163 cm³/mol. The van der Waals surface area contributed by atoms with Gasteiger partial charge in [0.1, 0.15) is 30.3 Å². The SMILES string of the molecule is CC(=O)OC[C@]12C(OC(=O)c3ccccc3)C[C@@H]3C(OC(C)=O)[C@]1(OC3(C)C)[C@](C)(O)CC(OC(=O)c1ccccc1)C2OC(C)=O. The lowest BCUT2D eigenvalue weighted by Gasteiger charge is -2.65. The molecule has 0 radical (unpaired) electrons. The van der Waals surface area contributed by atoms with Crippen LogP contribution in [0.25, 0.3) is 0 Å².